The molecule has 5 atom stereocenters. The molecule has 0 bridgehead atoms. The van der Waals surface area contributed by atoms with E-state index in [2.05, 4.69) is 46.4 Å². The molecule has 1 aliphatic carbocycles. The summed E-state index contributed by atoms with van der Waals surface area (Å²) in [6.45, 7) is 4.46. The smallest absolute Gasteiger partial charge is 0.226 e. The highest BCUT2D eigenvalue weighted by atomic mass is 19.1. The van der Waals surface area contributed by atoms with Gasteiger partial charge in [-0.15, -0.1) is 0 Å². The molecule has 5 unspecified atom stereocenters. The summed E-state index contributed by atoms with van der Waals surface area (Å²) in [6, 6.07) is 15.0. The Morgan fingerprint density at radius 3 is 2.61 bits per heavy atom. The number of carbonyl (C=O) groups excluding carboxylic acids is 2. The summed E-state index contributed by atoms with van der Waals surface area (Å²) < 4.78 is 14.2. The van der Waals surface area contributed by atoms with Crippen molar-refractivity contribution < 1.29 is 14.0 Å². The molecule has 2 aromatic carbocycles. The van der Waals surface area contributed by atoms with E-state index < -0.39 is 0 Å². The van der Waals surface area contributed by atoms with Crippen LogP contribution in [0.1, 0.15) is 36.4 Å². The van der Waals surface area contributed by atoms with Gasteiger partial charge in [-0.3, -0.25) is 9.59 Å². The maximum absolute atomic E-state index is 14.2. The normalized spacial score (nSPS) is 30.5. The molecule has 0 spiro atoms. The van der Waals surface area contributed by atoms with Gasteiger partial charge in [-0.25, -0.2) is 14.8 Å². The van der Waals surface area contributed by atoms with Gasteiger partial charge >= 0.3 is 0 Å². The van der Waals surface area contributed by atoms with E-state index in [1.807, 2.05) is 21.9 Å². The number of hydrazine groups is 2. The van der Waals surface area contributed by atoms with Crippen LogP contribution in [-0.2, 0) is 9.59 Å². The van der Waals surface area contributed by atoms with Gasteiger partial charge in [0.2, 0.25) is 11.8 Å². The molecule has 0 aromatic heterocycles. The molecule has 190 valence electrons. The lowest BCUT2D eigenvalue weighted by atomic mass is 9.75. The molecule has 4 aliphatic rings. The number of fused-ring (bicyclic) bond motifs is 3. The molecule has 3 aliphatic heterocycles. The SMILES string of the molecule is Cc1cccc(C2NNN3C4CC(C(=O)N5CCN(c6ccccc6F)CC5)CCC4C(=O)NC23)c1. The molecule has 3 N–H and O–H groups in total. The minimum absolute atomic E-state index is 0.0477. The van der Waals surface area contributed by atoms with E-state index in [1.54, 1.807) is 12.1 Å². The van der Waals surface area contributed by atoms with Crippen LogP contribution in [0, 0.1) is 24.6 Å². The number of anilines is 1. The number of halogens is 1. The van der Waals surface area contributed by atoms with Crippen molar-refractivity contribution in [1.82, 2.24) is 26.2 Å². The van der Waals surface area contributed by atoms with Gasteiger partial charge in [0.25, 0.3) is 0 Å². The Bertz CT molecular complexity index is 1150. The first-order valence-electron chi connectivity index (χ1n) is 12.9. The minimum atomic E-state index is -0.226. The second kappa shape index (κ2) is 9.46. The van der Waals surface area contributed by atoms with Gasteiger partial charge < -0.3 is 15.1 Å². The van der Waals surface area contributed by atoms with Crippen molar-refractivity contribution >= 4 is 17.5 Å². The summed E-state index contributed by atoms with van der Waals surface area (Å²) in [5.74, 6) is -0.233. The van der Waals surface area contributed by atoms with Crippen LogP contribution in [0.3, 0.4) is 0 Å². The number of piperazine rings is 1. The van der Waals surface area contributed by atoms with E-state index in [0.29, 0.717) is 51.1 Å². The third-order valence-electron chi connectivity index (χ3n) is 8.30. The number of amides is 2. The van der Waals surface area contributed by atoms with Gasteiger partial charge in [0, 0.05) is 38.1 Å². The number of benzene rings is 2. The van der Waals surface area contributed by atoms with Gasteiger partial charge in [-0.05, 0) is 43.9 Å². The molecule has 0 radical (unpaired) electrons. The van der Waals surface area contributed by atoms with Crippen LogP contribution >= 0.6 is 0 Å². The fourth-order valence-corrected chi connectivity index (χ4v) is 6.40. The number of hydrogen-bond donors (Lipinski definition) is 3. The number of nitrogens with one attached hydrogen (secondary N) is 3. The van der Waals surface area contributed by atoms with E-state index in [9.17, 15) is 14.0 Å². The lowest BCUT2D eigenvalue weighted by Crippen LogP contribution is -2.66. The van der Waals surface area contributed by atoms with Crippen LogP contribution in [0.4, 0.5) is 10.1 Å². The standard InChI is InChI=1S/C27H33FN6O2/c1-17-5-4-6-18(15-17)24-25-29-26(35)20-10-9-19(16-23(20)34(25)31-30-24)27(36)33-13-11-32(12-14-33)22-8-3-2-7-21(22)28/h2-8,15,19-20,23-25,30-31H,9-14,16H2,1H3,(H,29,35). The van der Waals surface area contributed by atoms with Crippen LogP contribution in [-0.4, -0.2) is 60.1 Å². The first-order chi connectivity index (χ1) is 17.5. The molecule has 2 aromatic rings. The fraction of sp³-hybridized carbons (Fsp3) is 0.481. The second-order valence-electron chi connectivity index (χ2n) is 10.5. The molecule has 8 nitrogen and oxygen atoms in total. The van der Waals surface area contributed by atoms with E-state index in [4.69, 9.17) is 0 Å². The lowest BCUT2D eigenvalue weighted by Gasteiger charge is -2.47. The zero-order valence-corrected chi connectivity index (χ0v) is 20.5. The zero-order chi connectivity index (χ0) is 24.8. The molecule has 4 fully saturated rings. The molecular weight excluding hydrogens is 459 g/mol. The van der Waals surface area contributed by atoms with Crippen molar-refractivity contribution in [2.45, 2.75) is 44.4 Å². The number of hydrogen-bond acceptors (Lipinski definition) is 6. The van der Waals surface area contributed by atoms with Gasteiger partial charge in [-0.1, -0.05) is 42.0 Å². The summed E-state index contributed by atoms with van der Waals surface area (Å²) in [7, 11) is 0. The average Bonchev–Trinajstić information content (AvgIpc) is 3.32. The van der Waals surface area contributed by atoms with Crippen molar-refractivity contribution in [3.63, 3.8) is 0 Å². The summed E-state index contributed by atoms with van der Waals surface area (Å²) in [4.78, 5) is 30.5. The van der Waals surface area contributed by atoms with E-state index in [0.717, 1.165) is 5.56 Å². The molecule has 2 amide bonds. The Morgan fingerprint density at radius 1 is 1.03 bits per heavy atom. The number of aryl methyl sites for hydroxylation is 1. The van der Waals surface area contributed by atoms with Crippen molar-refractivity contribution in [3.05, 3.63) is 65.5 Å². The number of para-hydroxylation sites is 1. The van der Waals surface area contributed by atoms with Crippen LogP contribution in [0.2, 0.25) is 0 Å². The van der Waals surface area contributed by atoms with Crippen LogP contribution in [0.25, 0.3) is 0 Å². The van der Waals surface area contributed by atoms with Crippen molar-refractivity contribution in [3.8, 4) is 0 Å². The van der Waals surface area contributed by atoms with Gasteiger partial charge in [-0.2, -0.15) is 5.53 Å². The predicted molar refractivity (Wildman–Crippen MR) is 134 cm³/mol. The zero-order valence-electron chi connectivity index (χ0n) is 20.5. The Morgan fingerprint density at radius 2 is 1.83 bits per heavy atom. The monoisotopic (exact) mass is 492 g/mol. The van der Waals surface area contributed by atoms with Crippen molar-refractivity contribution in [2.24, 2.45) is 11.8 Å². The lowest BCUT2D eigenvalue weighted by molar-refractivity contribution is -0.147. The second-order valence-corrected chi connectivity index (χ2v) is 10.5. The van der Waals surface area contributed by atoms with Gasteiger partial charge in [0.05, 0.1) is 17.6 Å². The third kappa shape index (κ3) is 4.15. The number of carbonyl (C=O) groups is 2. The fourth-order valence-electron chi connectivity index (χ4n) is 6.40. The van der Waals surface area contributed by atoms with E-state index in [-0.39, 0.29) is 47.7 Å². The molecule has 1 saturated carbocycles. The highest BCUT2D eigenvalue weighted by Crippen LogP contribution is 2.39. The van der Waals surface area contributed by atoms with E-state index in [1.165, 1.54) is 11.6 Å². The predicted octanol–water partition coefficient (Wildman–Crippen LogP) is 2.09. The topological polar surface area (TPSA) is 80.0 Å². The van der Waals surface area contributed by atoms with Crippen molar-refractivity contribution in [1.29, 1.82) is 0 Å². The largest absolute Gasteiger partial charge is 0.366 e. The van der Waals surface area contributed by atoms with Gasteiger partial charge in [0.1, 0.15) is 12.0 Å². The third-order valence-corrected chi connectivity index (χ3v) is 8.30. The summed E-state index contributed by atoms with van der Waals surface area (Å²) in [5.41, 5.74) is 9.56. The Hall–Kier alpha value is -3.01. The summed E-state index contributed by atoms with van der Waals surface area (Å²) in [5, 5.41) is 5.33. The molecule has 36 heavy (non-hydrogen) atoms. The maximum atomic E-state index is 14.2. The van der Waals surface area contributed by atoms with E-state index >= 15 is 0 Å². The highest BCUT2D eigenvalue weighted by molar-refractivity contribution is 5.83. The van der Waals surface area contributed by atoms with Crippen LogP contribution < -0.4 is 21.2 Å². The Balaban J connectivity index is 1.12. The first kappa shape index (κ1) is 23.4. The first-order valence-corrected chi connectivity index (χ1v) is 12.9. The summed E-state index contributed by atoms with van der Waals surface area (Å²) in [6.07, 6.45) is 1.85. The molecular formula is C27H33FN6O2. The average molecular weight is 493 g/mol. The molecule has 9 heteroatoms. The van der Waals surface area contributed by atoms with Crippen LogP contribution in [0.15, 0.2) is 48.5 Å². The molecule has 3 heterocycles. The number of rotatable bonds is 3. The Labute approximate surface area is 210 Å². The maximum Gasteiger partial charge on any atom is 0.226 e. The molecule has 3 saturated heterocycles. The summed E-state index contributed by atoms with van der Waals surface area (Å²) >= 11 is 0. The number of nitrogens with zero attached hydrogens (tertiary/aromatic N) is 3. The Kier molecular flexibility index (Phi) is 6.15. The van der Waals surface area contributed by atoms with Gasteiger partial charge in [0.15, 0.2) is 0 Å². The minimum Gasteiger partial charge on any atom is -0.366 e. The van der Waals surface area contributed by atoms with Crippen molar-refractivity contribution in [2.75, 3.05) is 31.1 Å². The quantitative estimate of drug-likeness (QED) is 0.609. The van der Waals surface area contributed by atoms with Crippen LogP contribution in [0.5, 0.6) is 0 Å². The highest BCUT2D eigenvalue weighted by Gasteiger charge is 2.51. The molecule has 6 rings (SSSR count).